The van der Waals surface area contributed by atoms with Crippen molar-refractivity contribution in [2.75, 3.05) is 0 Å². The number of primary amides is 1. The summed E-state index contributed by atoms with van der Waals surface area (Å²) < 4.78 is 0. The summed E-state index contributed by atoms with van der Waals surface area (Å²) in [5, 5.41) is 32.5. The van der Waals surface area contributed by atoms with Crippen LogP contribution in [0.2, 0.25) is 0 Å². The lowest BCUT2D eigenvalue weighted by atomic mass is 10.2. The van der Waals surface area contributed by atoms with E-state index in [-0.39, 0.29) is 5.91 Å². The first-order valence-electron chi connectivity index (χ1n) is 3.84. The van der Waals surface area contributed by atoms with Gasteiger partial charge in [0.05, 0.1) is 0 Å². The van der Waals surface area contributed by atoms with Crippen LogP contribution in [0.5, 0.6) is 0 Å². The second-order valence-corrected chi connectivity index (χ2v) is 2.39. The first kappa shape index (κ1) is 15.8. The summed E-state index contributed by atoms with van der Waals surface area (Å²) in [5.41, 5.74) is 4.65. The number of carbonyl (C=O) groups is 3. The van der Waals surface area contributed by atoms with Crippen LogP contribution in [0, 0.1) is 0 Å². The van der Waals surface area contributed by atoms with E-state index in [1.807, 2.05) is 0 Å². The minimum atomic E-state index is -2.27. The molecule has 0 aromatic carbocycles. The molecule has 0 aliphatic carbocycles. The molecule has 6 N–H and O–H groups in total. The SMILES string of the molecule is CCC(N)=O.O=C(O)[C@H](O)[C@@H](O)C(=O)O. The van der Waals surface area contributed by atoms with Crippen LogP contribution in [0.3, 0.4) is 0 Å². The topological polar surface area (TPSA) is 158 Å². The molecular weight excluding hydrogens is 210 g/mol. The number of amides is 1. The maximum absolute atomic E-state index is 9.77. The molecule has 0 unspecified atom stereocenters. The van der Waals surface area contributed by atoms with Gasteiger partial charge in [-0.25, -0.2) is 9.59 Å². The van der Waals surface area contributed by atoms with Crippen LogP contribution in [0.4, 0.5) is 0 Å². The summed E-state index contributed by atoms with van der Waals surface area (Å²) >= 11 is 0. The number of aliphatic hydroxyl groups excluding tert-OH is 2. The normalized spacial score (nSPS) is 13.0. The lowest BCUT2D eigenvalue weighted by Gasteiger charge is -2.07. The fraction of sp³-hybridized carbons (Fsp3) is 0.571. The average Bonchev–Trinajstić information content (AvgIpc) is 2.16. The van der Waals surface area contributed by atoms with Gasteiger partial charge >= 0.3 is 11.9 Å². The van der Waals surface area contributed by atoms with Crippen molar-refractivity contribution in [2.24, 2.45) is 5.73 Å². The van der Waals surface area contributed by atoms with Crippen molar-refractivity contribution < 1.29 is 34.8 Å². The highest BCUT2D eigenvalue weighted by molar-refractivity contribution is 5.83. The Labute approximate surface area is 84.9 Å². The quantitative estimate of drug-likeness (QED) is 0.360. The number of carboxylic acid groups (broad SMARTS) is 2. The molecule has 8 nitrogen and oxygen atoms in total. The minimum Gasteiger partial charge on any atom is -0.479 e. The second-order valence-electron chi connectivity index (χ2n) is 2.39. The van der Waals surface area contributed by atoms with Gasteiger partial charge in [-0.15, -0.1) is 0 Å². The van der Waals surface area contributed by atoms with Gasteiger partial charge < -0.3 is 26.2 Å². The minimum absolute atomic E-state index is 0.245. The highest BCUT2D eigenvalue weighted by Gasteiger charge is 2.29. The van der Waals surface area contributed by atoms with Gasteiger partial charge in [0.15, 0.2) is 12.2 Å². The van der Waals surface area contributed by atoms with Gasteiger partial charge in [-0.1, -0.05) is 6.92 Å². The fourth-order valence-corrected chi connectivity index (χ4v) is 0.270. The van der Waals surface area contributed by atoms with Crippen LogP contribution < -0.4 is 5.73 Å². The van der Waals surface area contributed by atoms with Crippen molar-refractivity contribution in [3.05, 3.63) is 0 Å². The molecule has 0 aromatic heterocycles. The first-order valence-corrected chi connectivity index (χ1v) is 3.84. The summed E-state index contributed by atoms with van der Waals surface area (Å²) in [5.74, 6) is -3.78. The number of carboxylic acids is 2. The average molecular weight is 223 g/mol. The number of hydrogen-bond acceptors (Lipinski definition) is 5. The number of rotatable bonds is 4. The van der Waals surface area contributed by atoms with E-state index >= 15 is 0 Å². The third-order valence-corrected chi connectivity index (χ3v) is 1.15. The predicted molar refractivity (Wildman–Crippen MR) is 46.8 cm³/mol. The molecule has 0 spiro atoms. The number of hydrogen-bond donors (Lipinski definition) is 5. The van der Waals surface area contributed by atoms with Crippen molar-refractivity contribution in [3.63, 3.8) is 0 Å². The van der Waals surface area contributed by atoms with E-state index in [1.165, 1.54) is 0 Å². The maximum atomic E-state index is 9.77. The summed E-state index contributed by atoms with van der Waals surface area (Å²) in [7, 11) is 0. The molecule has 0 rings (SSSR count). The molecule has 0 aromatic rings. The lowest BCUT2D eigenvalue weighted by molar-refractivity contribution is -0.165. The lowest BCUT2D eigenvalue weighted by Crippen LogP contribution is -2.39. The Kier molecular flexibility index (Phi) is 8.11. The molecule has 88 valence electrons. The standard InChI is InChI=1S/C4H6O6.C3H7NO/c5-1(3(7)8)2(6)4(9)10;1-2-3(4)5/h1-2,5-6H,(H,7,8)(H,9,10);2H2,1H3,(H2,4,5)/t1-,2-;/m1./s1. The molecule has 0 bridgehead atoms. The van der Waals surface area contributed by atoms with Gasteiger partial charge in [-0.2, -0.15) is 0 Å². The van der Waals surface area contributed by atoms with Crippen LogP contribution in [-0.4, -0.2) is 50.5 Å². The Morgan fingerprint density at radius 2 is 1.27 bits per heavy atom. The smallest absolute Gasteiger partial charge is 0.335 e. The molecule has 0 saturated heterocycles. The Bertz CT molecular complexity index is 221. The molecule has 0 fully saturated rings. The molecule has 0 radical (unpaired) electrons. The Morgan fingerprint density at radius 3 is 1.33 bits per heavy atom. The summed E-state index contributed by atoms with van der Waals surface area (Å²) in [6, 6.07) is 0. The van der Waals surface area contributed by atoms with Gasteiger partial charge in [-0.3, -0.25) is 4.79 Å². The van der Waals surface area contributed by atoms with Gasteiger partial charge in [0, 0.05) is 6.42 Å². The van der Waals surface area contributed by atoms with E-state index in [9.17, 15) is 14.4 Å². The zero-order valence-corrected chi connectivity index (χ0v) is 7.95. The van der Waals surface area contributed by atoms with Crippen molar-refractivity contribution >= 4 is 17.8 Å². The molecule has 2 atom stereocenters. The summed E-state index contributed by atoms with van der Waals surface area (Å²) in [6.07, 6.45) is -4.09. The molecule has 0 saturated carbocycles. The van der Waals surface area contributed by atoms with Crippen molar-refractivity contribution in [1.29, 1.82) is 0 Å². The number of nitrogens with two attached hydrogens (primary N) is 1. The third kappa shape index (κ3) is 8.65. The van der Waals surface area contributed by atoms with E-state index in [0.717, 1.165) is 0 Å². The van der Waals surface area contributed by atoms with Crippen LogP contribution in [0.1, 0.15) is 13.3 Å². The Hall–Kier alpha value is -1.67. The van der Waals surface area contributed by atoms with Crippen LogP contribution >= 0.6 is 0 Å². The van der Waals surface area contributed by atoms with Crippen molar-refractivity contribution in [2.45, 2.75) is 25.6 Å². The highest BCUT2D eigenvalue weighted by atomic mass is 16.4. The van der Waals surface area contributed by atoms with Crippen LogP contribution in [-0.2, 0) is 14.4 Å². The van der Waals surface area contributed by atoms with E-state index in [0.29, 0.717) is 6.42 Å². The fourth-order valence-electron chi connectivity index (χ4n) is 0.270. The molecule has 8 heteroatoms. The largest absolute Gasteiger partial charge is 0.479 e. The zero-order valence-electron chi connectivity index (χ0n) is 7.95. The summed E-state index contributed by atoms with van der Waals surface area (Å²) in [4.78, 5) is 29.1. The molecular formula is C7H13NO7. The van der Waals surface area contributed by atoms with Crippen LogP contribution in [0.25, 0.3) is 0 Å². The molecule has 0 heterocycles. The number of carbonyl (C=O) groups excluding carboxylic acids is 1. The van der Waals surface area contributed by atoms with E-state index < -0.39 is 24.1 Å². The van der Waals surface area contributed by atoms with E-state index in [4.69, 9.17) is 20.4 Å². The van der Waals surface area contributed by atoms with E-state index in [1.54, 1.807) is 6.92 Å². The molecule has 0 aliphatic heterocycles. The molecule has 1 amide bonds. The number of aliphatic hydroxyl groups is 2. The van der Waals surface area contributed by atoms with Gasteiger partial charge in [0.25, 0.3) is 0 Å². The molecule has 0 aliphatic rings. The molecule has 15 heavy (non-hydrogen) atoms. The third-order valence-electron chi connectivity index (χ3n) is 1.15. The Balaban J connectivity index is 0. The van der Waals surface area contributed by atoms with E-state index in [2.05, 4.69) is 5.73 Å². The van der Waals surface area contributed by atoms with Crippen molar-refractivity contribution in [3.8, 4) is 0 Å². The monoisotopic (exact) mass is 223 g/mol. The Morgan fingerprint density at radius 1 is 1.07 bits per heavy atom. The van der Waals surface area contributed by atoms with Crippen molar-refractivity contribution in [1.82, 2.24) is 0 Å². The highest BCUT2D eigenvalue weighted by Crippen LogP contribution is 1.92. The zero-order chi connectivity index (χ0) is 12.6. The number of aliphatic carboxylic acids is 2. The second kappa shape index (κ2) is 7.71. The van der Waals surface area contributed by atoms with Gasteiger partial charge in [0.2, 0.25) is 5.91 Å². The summed E-state index contributed by atoms with van der Waals surface area (Å²) in [6.45, 7) is 1.72. The first-order chi connectivity index (χ1) is 6.73. The van der Waals surface area contributed by atoms with Gasteiger partial charge in [0.1, 0.15) is 0 Å². The maximum Gasteiger partial charge on any atom is 0.335 e. The van der Waals surface area contributed by atoms with Crippen LogP contribution in [0.15, 0.2) is 0 Å². The van der Waals surface area contributed by atoms with Gasteiger partial charge in [-0.05, 0) is 0 Å². The predicted octanol–water partition coefficient (Wildman–Crippen LogP) is -2.24.